The number of carbonyl (C=O) groups is 2. The molecule has 0 aliphatic carbocycles. The number of nitrogens with one attached hydrogen (secondary N) is 1. The molecule has 0 radical (unpaired) electrons. The maximum Gasteiger partial charge on any atom is 0.407 e. The molecule has 8 heteroatoms. The molecule has 2 aromatic rings. The van der Waals surface area contributed by atoms with Crippen molar-refractivity contribution in [3.63, 3.8) is 0 Å². The maximum atomic E-state index is 12.5. The number of thioether (sulfide) groups is 1. The topological polar surface area (TPSA) is 73.9 Å². The van der Waals surface area contributed by atoms with Gasteiger partial charge in [0.1, 0.15) is 25.1 Å². The first-order valence-corrected chi connectivity index (χ1v) is 15.6. The highest BCUT2D eigenvalue weighted by atomic mass is 35.5. The van der Waals surface area contributed by atoms with Crippen LogP contribution in [-0.2, 0) is 14.3 Å². The summed E-state index contributed by atoms with van der Waals surface area (Å²) in [7, 11) is 0. The third-order valence-electron chi connectivity index (χ3n) is 6.85. The Kier molecular flexibility index (Phi) is 14.6. The minimum absolute atomic E-state index is 0.0275. The predicted octanol–water partition coefficient (Wildman–Crippen LogP) is 8.39. The summed E-state index contributed by atoms with van der Waals surface area (Å²) in [4.78, 5) is 25.0. The molecule has 1 N–H and O–H groups in total. The Balaban J connectivity index is 2.04. The molecule has 41 heavy (non-hydrogen) atoms. The van der Waals surface area contributed by atoms with E-state index in [0.29, 0.717) is 45.9 Å². The average molecular weight is 604 g/mol. The van der Waals surface area contributed by atoms with Gasteiger partial charge < -0.3 is 19.5 Å². The van der Waals surface area contributed by atoms with Crippen LogP contribution in [-0.4, -0.2) is 43.7 Å². The molecule has 0 aromatic heterocycles. The molecule has 0 aliphatic heterocycles. The lowest BCUT2D eigenvalue weighted by Crippen LogP contribution is -2.35. The zero-order valence-corrected chi connectivity index (χ0v) is 27.0. The van der Waals surface area contributed by atoms with Gasteiger partial charge >= 0.3 is 12.1 Å². The molecule has 0 saturated carbocycles. The van der Waals surface area contributed by atoms with E-state index in [9.17, 15) is 9.59 Å². The molecular weight excluding hydrogens is 558 g/mol. The number of carbonyl (C=O) groups excluding carboxylic acids is 2. The van der Waals surface area contributed by atoms with Gasteiger partial charge in [-0.2, -0.15) is 0 Å². The van der Waals surface area contributed by atoms with Crippen molar-refractivity contribution in [2.45, 2.75) is 65.4 Å². The van der Waals surface area contributed by atoms with E-state index in [2.05, 4.69) is 65.6 Å². The lowest BCUT2D eigenvalue weighted by atomic mass is 9.68. The maximum absolute atomic E-state index is 12.5. The van der Waals surface area contributed by atoms with Gasteiger partial charge in [-0.05, 0) is 78.5 Å². The summed E-state index contributed by atoms with van der Waals surface area (Å²) in [6.07, 6.45) is -1.13. The van der Waals surface area contributed by atoms with Crippen LogP contribution in [0.5, 0.6) is 5.75 Å². The number of halogens is 1. The van der Waals surface area contributed by atoms with Gasteiger partial charge in [-0.15, -0.1) is 11.8 Å². The van der Waals surface area contributed by atoms with Crippen LogP contribution in [0.2, 0.25) is 5.02 Å². The number of amides is 1. The van der Waals surface area contributed by atoms with E-state index in [1.165, 1.54) is 5.56 Å². The minimum atomic E-state index is -0.606. The molecule has 0 heterocycles. The summed E-state index contributed by atoms with van der Waals surface area (Å²) in [6.45, 7) is 19.3. The lowest BCUT2D eigenvalue weighted by molar-refractivity contribution is -0.138. The van der Waals surface area contributed by atoms with Crippen LogP contribution in [0.1, 0.15) is 59.9 Å². The molecule has 226 valence electrons. The minimum Gasteiger partial charge on any atom is -0.490 e. The number of benzene rings is 2. The molecule has 0 bridgehead atoms. The second-order valence-corrected chi connectivity index (χ2v) is 12.9. The van der Waals surface area contributed by atoms with Gasteiger partial charge in [0.25, 0.3) is 0 Å². The number of hydrogen-bond acceptors (Lipinski definition) is 6. The van der Waals surface area contributed by atoms with Crippen molar-refractivity contribution < 1.29 is 23.8 Å². The monoisotopic (exact) mass is 603 g/mol. The van der Waals surface area contributed by atoms with Crippen LogP contribution >= 0.6 is 23.4 Å². The SMILES string of the molecule is C=C(C)C(=O)OCCNC(=O)OC(COc1ccc(C(C(C)C)C(C(C)C)C(C)C)cc1)CSc1ccc(Cl)cc1. The van der Waals surface area contributed by atoms with Gasteiger partial charge in [-0.3, -0.25) is 0 Å². The molecule has 0 aliphatic rings. The summed E-state index contributed by atoms with van der Waals surface area (Å²) in [6, 6.07) is 15.8. The average Bonchev–Trinajstić information content (AvgIpc) is 2.91. The second kappa shape index (κ2) is 17.3. The van der Waals surface area contributed by atoms with E-state index in [-0.39, 0.29) is 19.8 Å². The summed E-state index contributed by atoms with van der Waals surface area (Å²) >= 11 is 7.56. The number of esters is 1. The van der Waals surface area contributed by atoms with Crippen molar-refractivity contribution >= 4 is 35.4 Å². The van der Waals surface area contributed by atoms with Gasteiger partial charge in [-0.25, -0.2) is 9.59 Å². The molecular formula is C33H46ClNO5S. The summed E-state index contributed by atoms with van der Waals surface area (Å²) in [5.41, 5.74) is 1.62. The lowest BCUT2D eigenvalue weighted by Gasteiger charge is -2.36. The van der Waals surface area contributed by atoms with Crippen LogP contribution in [0, 0.1) is 23.7 Å². The van der Waals surface area contributed by atoms with Crippen molar-refractivity contribution in [1.29, 1.82) is 0 Å². The Morgan fingerprint density at radius 2 is 1.54 bits per heavy atom. The molecule has 1 amide bonds. The van der Waals surface area contributed by atoms with Crippen LogP contribution in [0.3, 0.4) is 0 Å². The van der Waals surface area contributed by atoms with Crippen molar-refractivity contribution in [1.82, 2.24) is 5.32 Å². The zero-order chi connectivity index (χ0) is 30.5. The normalized spacial score (nSPS) is 12.9. The zero-order valence-electron chi connectivity index (χ0n) is 25.4. The molecule has 2 unspecified atom stereocenters. The molecule has 0 saturated heterocycles. The molecule has 0 fully saturated rings. The van der Waals surface area contributed by atoms with E-state index in [0.717, 1.165) is 10.6 Å². The number of rotatable bonds is 16. The van der Waals surface area contributed by atoms with Crippen molar-refractivity contribution in [2.24, 2.45) is 23.7 Å². The number of alkyl carbamates (subject to hydrolysis) is 1. The summed E-state index contributed by atoms with van der Waals surface area (Å²) in [5, 5.41) is 3.28. The highest BCUT2D eigenvalue weighted by Crippen LogP contribution is 2.41. The fourth-order valence-corrected chi connectivity index (χ4v) is 6.07. The van der Waals surface area contributed by atoms with Crippen molar-refractivity contribution in [3.05, 3.63) is 71.3 Å². The Bertz CT molecular complexity index is 1090. The first-order valence-electron chi connectivity index (χ1n) is 14.3. The third kappa shape index (κ3) is 12.0. The molecule has 2 rings (SSSR count). The van der Waals surface area contributed by atoms with E-state index in [1.54, 1.807) is 18.7 Å². The smallest absolute Gasteiger partial charge is 0.407 e. The quantitative estimate of drug-likeness (QED) is 0.0899. The molecule has 0 spiro atoms. The number of hydrogen-bond donors (Lipinski definition) is 1. The highest BCUT2D eigenvalue weighted by Gasteiger charge is 2.31. The first-order chi connectivity index (χ1) is 19.4. The number of ether oxygens (including phenoxy) is 3. The van der Waals surface area contributed by atoms with E-state index >= 15 is 0 Å². The Morgan fingerprint density at radius 1 is 0.927 bits per heavy atom. The van der Waals surface area contributed by atoms with Crippen LogP contribution < -0.4 is 10.1 Å². The molecule has 2 atom stereocenters. The van der Waals surface area contributed by atoms with E-state index in [4.69, 9.17) is 25.8 Å². The molecule has 2 aromatic carbocycles. The summed E-state index contributed by atoms with van der Waals surface area (Å²) in [5.74, 6) is 3.41. The van der Waals surface area contributed by atoms with Crippen LogP contribution in [0.25, 0.3) is 0 Å². The second-order valence-electron chi connectivity index (χ2n) is 11.4. The van der Waals surface area contributed by atoms with Crippen LogP contribution in [0.4, 0.5) is 4.79 Å². The highest BCUT2D eigenvalue weighted by molar-refractivity contribution is 7.99. The van der Waals surface area contributed by atoms with Gasteiger partial charge in [-0.1, -0.05) is 71.9 Å². The standard InChI is InChI=1S/C33H46ClNO5S/c1-21(2)30(22(3)4)31(23(5)6)25-9-13-27(14-10-25)39-19-28(20-41-29-15-11-26(34)12-16-29)40-33(37)35-17-18-38-32(36)24(7)8/h9-16,21-23,28,30-31H,7,17-20H2,1-6,8H3,(H,35,37). The fraction of sp³-hybridized carbons (Fsp3) is 0.515. The van der Waals surface area contributed by atoms with Crippen LogP contribution in [0.15, 0.2) is 65.6 Å². The largest absolute Gasteiger partial charge is 0.490 e. The Labute approximate surface area is 255 Å². The first kappa shape index (κ1) is 34.6. The summed E-state index contributed by atoms with van der Waals surface area (Å²) < 4.78 is 16.8. The van der Waals surface area contributed by atoms with E-state index in [1.807, 2.05) is 36.4 Å². The van der Waals surface area contributed by atoms with Gasteiger partial charge in [0.05, 0.1) is 6.54 Å². The van der Waals surface area contributed by atoms with Crippen molar-refractivity contribution in [3.8, 4) is 5.75 Å². The Morgan fingerprint density at radius 3 is 2.07 bits per heavy atom. The Hall–Kier alpha value is -2.64. The van der Waals surface area contributed by atoms with Gasteiger partial charge in [0.2, 0.25) is 0 Å². The molecule has 6 nitrogen and oxygen atoms in total. The van der Waals surface area contributed by atoms with Gasteiger partial charge in [0, 0.05) is 21.2 Å². The van der Waals surface area contributed by atoms with E-state index < -0.39 is 18.2 Å². The fourth-order valence-electron chi connectivity index (χ4n) is 5.08. The third-order valence-corrected chi connectivity index (χ3v) is 8.25. The van der Waals surface area contributed by atoms with Crippen molar-refractivity contribution in [2.75, 3.05) is 25.5 Å². The van der Waals surface area contributed by atoms with Gasteiger partial charge in [0.15, 0.2) is 0 Å². The predicted molar refractivity (Wildman–Crippen MR) is 169 cm³/mol.